The summed E-state index contributed by atoms with van der Waals surface area (Å²) in [7, 11) is 0. The lowest BCUT2D eigenvalue weighted by atomic mass is 10.3. The molecule has 0 aromatic carbocycles. The number of aromatic nitrogens is 6. The molecule has 0 unspecified atom stereocenters. The first-order valence-corrected chi connectivity index (χ1v) is 11.2. The van der Waals surface area contributed by atoms with Gasteiger partial charge in [-0.1, -0.05) is 0 Å². The first kappa shape index (κ1) is 19.7. The van der Waals surface area contributed by atoms with Gasteiger partial charge < -0.3 is 19.3 Å². The van der Waals surface area contributed by atoms with Gasteiger partial charge in [-0.3, -0.25) is 9.97 Å². The summed E-state index contributed by atoms with van der Waals surface area (Å²) in [5, 5.41) is 4.41. The number of rotatable bonds is 6. The molecule has 6 heterocycles. The summed E-state index contributed by atoms with van der Waals surface area (Å²) in [5.74, 6) is 4.15. The summed E-state index contributed by atoms with van der Waals surface area (Å²) in [4.78, 5) is 21.8. The van der Waals surface area contributed by atoms with Gasteiger partial charge in [-0.05, 0) is 24.3 Å². The molecular formula is C23H24N8O2. The van der Waals surface area contributed by atoms with Crippen molar-refractivity contribution in [3.63, 3.8) is 0 Å². The second-order valence-electron chi connectivity index (χ2n) is 8.26. The minimum absolute atomic E-state index is 0.104. The van der Waals surface area contributed by atoms with Gasteiger partial charge in [0.15, 0.2) is 0 Å². The fraction of sp³-hybridized carbons (Fsp3) is 0.348. The molecule has 2 aliphatic heterocycles. The van der Waals surface area contributed by atoms with Crippen LogP contribution in [0.2, 0.25) is 0 Å². The van der Waals surface area contributed by atoms with Gasteiger partial charge in [-0.2, -0.15) is 19.6 Å². The zero-order chi connectivity index (χ0) is 22.0. The Balaban J connectivity index is 1.19. The van der Waals surface area contributed by atoms with E-state index in [4.69, 9.17) is 14.5 Å². The average molecular weight is 444 g/mol. The number of ether oxygens (including phenoxy) is 2. The molecule has 0 amide bonds. The lowest BCUT2D eigenvalue weighted by Gasteiger charge is -2.23. The van der Waals surface area contributed by atoms with Crippen molar-refractivity contribution in [2.75, 3.05) is 36.0 Å². The van der Waals surface area contributed by atoms with Crippen LogP contribution in [0.15, 0.2) is 61.4 Å². The van der Waals surface area contributed by atoms with Crippen LogP contribution >= 0.6 is 0 Å². The molecule has 0 N–H and O–H groups in total. The molecule has 0 radical (unpaired) electrons. The average Bonchev–Trinajstić information content (AvgIpc) is 3.61. The topological polar surface area (TPSA) is 93.8 Å². The summed E-state index contributed by atoms with van der Waals surface area (Å²) < 4.78 is 14.1. The van der Waals surface area contributed by atoms with Gasteiger partial charge >= 0.3 is 0 Å². The Bertz CT molecular complexity index is 1220. The van der Waals surface area contributed by atoms with Crippen LogP contribution < -0.4 is 19.3 Å². The second-order valence-corrected chi connectivity index (χ2v) is 8.26. The molecular weight excluding hydrogens is 420 g/mol. The van der Waals surface area contributed by atoms with E-state index in [9.17, 15) is 0 Å². The zero-order valence-corrected chi connectivity index (χ0v) is 18.1. The molecule has 0 spiro atoms. The van der Waals surface area contributed by atoms with E-state index >= 15 is 0 Å². The van der Waals surface area contributed by atoms with Crippen LogP contribution in [0.4, 0.5) is 11.6 Å². The van der Waals surface area contributed by atoms with Gasteiger partial charge in [0.1, 0.15) is 41.7 Å². The third-order valence-electron chi connectivity index (χ3n) is 6.06. The van der Waals surface area contributed by atoms with Crippen LogP contribution in [-0.4, -0.2) is 67.9 Å². The molecule has 4 aromatic rings. The number of pyridine rings is 2. The first-order chi connectivity index (χ1) is 16.3. The van der Waals surface area contributed by atoms with E-state index in [0.717, 1.165) is 62.2 Å². The first-order valence-electron chi connectivity index (χ1n) is 11.2. The van der Waals surface area contributed by atoms with Gasteiger partial charge in [0.05, 0.1) is 13.1 Å². The Morgan fingerprint density at radius 2 is 1.39 bits per heavy atom. The molecule has 10 heteroatoms. The van der Waals surface area contributed by atoms with Crippen molar-refractivity contribution in [1.29, 1.82) is 0 Å². The maximum absolute atomic E-state index is 6.15. The highest BCUT2D eigenvalue weighted by Crippen LogP contribution is 2.29. The predicted molar refractivity (Wildman–Crippen MR) is 122 cm³/mol. The molecule has 2 atom stereocenters. The lowest BCUT2D eigenvalue weighted by Crippen LogP contribution is -2.28. The van der Waals surface area contributed by atoms with E-state index in [1.54, 1.807) is 35.6 Å². The molecule has 4 aromatic heterocycles. The summed E-state index contributed by atoms with van der Waals surface area (Å²) in [5.41, 5.74) is 0. The van der Waals surface area contributed by atoms with E-state index in [0.29, 0.717) is 5.78 Å². The largest absolute Gasteiger partial charge is 0.488 e. The summed E-state index contributed by atoms with van der Waals surface area (Å²) >= 11 is 0. The fourth-order valence-electron chi connectivity index (χ4n) is 4.46. The summed E-state index contributed by atoms with van der Waals surface area (Å²) in [6.07, 6.45) is 10.6. The minimum atomic E-state index is 0.104. The minimum Gasteiger partial charge on any atom is -0.488 e. The molecule has 2 saturated heterocycles. The third kappa shape index (κ3) is 4.11. The molecule has 2 aliphatic rings. The Labute approximate surface area is 190 Å². The highest BCUT2D eigenvalue weighted by atomic mass is 16.5. The van der Waals surface area contributed by atoms with E-state index in [1.165, 1.54) is 0 Å². The maximum Gasteiger partial charge on any atom is 0.256 e. The normalized spacial score (nSPS) is 20.5. The van der Waals surface area contributed by atoms with Gasteiger partial charge in [-0.25, -0.2) is 0 Å². The van der Waals surface area contributed by atoms with Gasteiger partial charge in [0.25, 0.3) is 5.78 Å². The second kappa shape index (κ2) is 8.53. The van der Waals surface area contributed by atoms with Crippen molar-refractivity contribution in [1.82, 2.24) is 29.5 Å². The fourth-order valence-corrected chi connectivity index (χ4v) is 4.46. The van der Waals surface area contributed by atoms with E-state index in [1.807, 2.05) is 24.3 Å². The Morgan fingerprint density at radius 3 is 2.06 bits per heavy atom. The molecule has 2 fully saturated rings. The molecule has 168 valence electrons. The monoisotopic (exact) mass is 444 g/mol. The van der Waals surface area contributed by atoms with Crippen molar-refractivity contribution >= 4 is 17.4 Å². The van der Waals surface area contributed by atoms with E-state index in [-0.39, 0.29) is 12.2 Å². The van der Waals surface area contributed by atoms with E-state index in [2.05, 4.69) is 35.9 Å². The molecule has 0 aliphatic carbocycles. The van der Waals surface area contributed by atoms with Crippen LogP contribution in [-0.2, 0) is 0 Å². The number of anilines is 2. The predicted octanol–water partition coefficient (Wildman–Crippen LogP) is 2.23. The highest BCUT2D eigenvalue weighted by Gasteiger charge is 2.30. The van der Waals surface area contributed by atoms with Crippen molar-refractivity contribution in [3.05, 3.63) is 61.4 Å². The van der Waals surface area contributed by atoms with Crippen LogP contribution in [0.3, 0.4) is 0 Å². The molecule has 10 nitrogen and oxygen atoms in total. The Morgan fingerprint density at radius 1 is 0.788 bits per heavy atom. The van der Waals surface area contributed by atoms with E-state index < -0.39 is 0 Å². The summed E-state index contributed by atoms with van der Waals surface area (Å²) in [6, 6.07) is 9.66. The number of hydrogen-bond acceptors (Lipinski definition) is 9. The molecule has 6 rings (SSSR count). The van der Waals surface area contributed by atoms with Gasteiger partial charge in [-0.15, -0.1) is 0 Å². The molecule has 33 heavy (non-hydrogen) atoms. The van der Waals surface area contributed by atoms with Crippen LogP contribution in [0.25, 0.3) is 5.78 Å². The Hall–Kier alpha value is -3.95. The summed E-state index contributed by atoms with van der Waals surface area (Å²) in [6.45, 7) is 3.30. The maximum atomic E-state index is 6.15. The smallest absolute Gasteiger partial charge is 0.256 e. The Kier molecular flexibility index (Phi) is 5.10. The quantitative estimate of drug-likeness (QED) is 0.444. The van der Waals surface area contributed by atoms with Crippen molar-refractivity contribution < 1.29 is 9.47 Å². The van der Waals surface area contributed by atoms with Crippen molar-refractivity contribution in [3.8, 4) is 11.5 Å². The lowest BCUT2D eigenvalue weighted by molar-refractivity contribution is 0.224. The van der Waals surface area contributed by atoms with Crippen LogP contribution in [0.1, 0.15) is 12.8 Å². The molecule has 0 saturated carbocycles. The number of nitrogens with zero attached hydrogens (tertiary/aromatic N) is 8. The number of fused-ring (bicyclic) bond motifs is 1. The van der Waals surface area contributed by atoms with Crippen molar-refractivity contribution in [2.24, 2.45) is 0 Å². The van der Waals surface area contributed by atoms with Crippen LogP contribution in [0, 0.1) is 0 Å². The van der Waals surface area contributed by atoms with Gasteiger partial charge in [0, 0.05) is 56.8 Å². The molecule has 0 bridgehead atoms. The SMILES string of the molecule is c1cc(O[C@@H]2CCN(c3cc(N4CC[C@H](Oc5ccncc5)C4)n4ncnc4n3)C2)ccn1. The standard InChI is InChI=1S/C23H24N8O2/c1-7-24-8-2-17(1)32-19-5-11-29(14-19)21-13-22(31-23(28-21)26-16-27-31)30-12-6-20(15-30)33-18-3-9-25-10-4-18/h1-4,7-10,13,16,19-20H,5-6,11-12,14-15H2/t19-,20+/m1/s1. The number of hydrogen-bond donors (Lipinski definition) is 0. The van der Waals surface area contributed by atoms with Crippen molar-refractivity contribution in [2.45, 2.75) is 25.0 Å². The third-order valence-corrected chi connectivity index (χ3v) is 6.06. The van der Waals surface area contributed by atoms with Gasteiger partial charge in [0.2, 0.25) is 0 Å². The highest BCUT2D eigenvalue weighted by molar-refractivity contribution is 5.57. The van der Waals surface area contributed by atoms with Crippen LogP contribution in [0.5, 0.6) is 11.5 Å². The zero-order valence-electron chi connectivity index (χ0n) is 18.1.